The molecule has 0 spiro atoms. The monoisotopic (exact) mass is 310 g/mol. The van der Waals surface area contributed by atoms with Crippen molar-refractivity contribution in [2.45, 2.75) is 13.0 Å². The van der Waals surface area contributed by atoms with E-state index in [9.17, 15) is 0 Å². The first-order valence-electron chi connectivity index (χ1n) is 8.33. The molecule has 0 fully saturated rings. The summed E-state index contributed by atoms with van der Waals surface area (Å²) in [5.41, 5.74) is 4.03. The number of nitrogens with zero attached hydrogens (tertiary/aromatic N) is 1. The summed E-state index contributed by atoms with van der Waals surface area (Å²) >= 11 is 0. The Balaban J connectivity index is 1.32. The molecule has 4 heteroatoms. The molecule has 23 heavy (non-hydrogen) atoms. The quantitative estimate of drug-likeness (QED) is 0.861. The first-order chi connectivity index (χ1) is 11.4. The molecule has 0 amide bonds. The van der Waals surface area contributed by atoms with Crippen LogP contribution in [-0.4, -0.2) is 32.8 Å². The van der Waals surface area contributed by atoms with Gasteiger partial charge in [0.15, 0.2) is 11.5 Å². The predicted molar refractivity (Wildman–Crippen MR) is 91.5 cm³/mol. The Morgan fingerprint density at radius 1 is 1.00 bits per heavy atom. The van der Waals surface area contributed by atoms with Crippen LogP contribution in [0.2, 0.25) is 0 Å². The van der Waals surface area contributed by atoms with E-state index in [1.165, 1.54) is 16.8 Å². The van der Waals surface area contributed by atoms with Crippen molar-refractivity contribution < 1.29 is 9.47 Å². The second kappa shape index (κ2) is 6.50. The highest BCUT2D eigenvalue weighted by molar-refractivity contribution is 5.57. The van der Waals surface area contributed by atoms with E-state index in [-0.39, 0.29) is 0 Å². The maximum Gasteiger partial charge on any atom is 0.165 e. The van der Waals surface area contributed by atoms with Gasteiger partial charge >= 0.3 is 0 Å². The van der Waals surface area contributed by atoms with Crippen molar-refractivity contribution in [3.63, 3.8) is 0 Å². The zero-order valence-corrected chi connectivity index (χ0v) is 13.3. The molecule has 4 nitrogen and oxygen atoms in total. The Bertz CT molecular complexity index is 687. The molecule has 2 aliphatic rings. The van der Waals surface area contributed by atoms with Gasteiger partial charge in [0.1, 0.15) is 13.2 Å². The Labute approximate surface area is 137 Å². The summed E-state index contributed by atoms with van der Waals surface area (Å²) in [6.07, 6.45) is 1.16. The van der Waals surface area contributed by atoms with Gasteiger partial charge in [-0.2, -0.15) is 0 Å². The smallest absolute Gasteiger partial charge is 0.165 e. The average molecular weight is 310 g/mol. The number of para-hydroxylation sites is 2. The van der Waals surface area contributed by atoms with Gasteiger partial charge < -0.3 is 19.7 Å². The highest BCUT2D eigenvalue weighted by Gasteiger charge is 2.18. The highest BCUT2D eigenvalue weighted by Crippen LogP contribution is 2.33. The molecule has 4 rings (SSSR count). The fourth-order valence-corrected chi connectivity index (χ4v) is 3.35. The second-order valence-electron chi connectivity index (χ2n) is 5.98. The molecule has 0 aliphatic carbocycles. The average Bonchev–Trinajstić information content (AvgIpc) is 3.02. The molecule has 120 valence electrons. The largest absolute Gasteiger partial charge is 0.486 e. The van der Waals surface area contributed by atoms with Crippen LogP contribution >= 0.6 is 0 Å². The van der Waals surface area contributed by atoms with Gasteiger partial charge in [-0.3, -0.25) is 0 Å². The number of fused-ring (bicyclic) bond motifs is 2. The van der Waals surface area contributed by atoms with Gasteiger partial charge in [0.25, 0.3) is 0 Å². The summed E-state index contributed by atoms with van der Waals surface area (Å²) in [5, 5.41) is 3.53. The van der Waals surface area contributed by atoms with Crippen molar-refractivity contribution in [2.24, 2.45) is 0 Å². The molecule has 1 N–H and O–H groups in total. The normalized spacial score (nSPS) is 15.6. The van der Waals surface area contributed by atoms with Gasteiger partial charge in [0, 0.05) is 37.4 Å². The highest BCUT2D eigenvalue weighted by atomic mass is 16.6. The SMILES string of the molecule is c1ccc2c(c1)CCN2CCNCc1cccc2c1OCCO2. The Kier molecular flexibility index (Phi) is 4.07. The van der Waals surface area contributed by atoms with E-state index in [4.69, 9.17) is 9.47 Å². The summed E-state index contributed by atoms with van der Waals surface area (Å²) in [7, 11) is 0. The summed E-state index contributed by atoms with van der Waals surface area (Å²) in [6, 6.07) is 14.8. The first kappa shape index (κ1) is 14.4. The van der Waals surface area contributed by atoms with Crippen LogP contribution in [0.15, 0.2) is 42.5 Å². The summed E-state index contributed by atoms with van der Waals surface area (Å²) in [4.78, 5) is 2.46. The summed E-state index contributed by atoms with van der Waals surface area (Å²) in [5.74, 6) is 1.77. The van der Waals surface area contributed by atoms with E-state index in [2.05, 4.69) is 40.5 Å². The molecule has 2 aliphatic heterocycles. The molecule has 0 saturated carbocycles. The van der Waals surface area contributed by atoms with Gasteiger partial charge in [0.2, 0.25) is 0 Å². The minimum Gasteiger partial charge on any atom is -0.486 e. The zero-order chi connectivity index (χ0) is 15.5. The lowest BCUT2D eigenvalue weighted by Crippen LogP contribution is -2.30. The summed E-state index contributed by atoms with van der Waals surface area (Å²) < 4.78 is 11.4. The van der Waals surface area contributed by atoms with Crippen LogP contribution in [0.5, 0.6) is 11.5 Å². The molecule has 0 saturated heterocycles. The third-order valence-corrected chi connectivity index (χ3v) is 4.51. The number of hydrogen-bond donors (Lipinski definition) is 1. The van der Waals surface area contributed by atoms with Crippen molar-refractivity contribution >= 4 is 5.69 Å². The maximum absolute atomic E-state index is 5.76. The minimum absolute atomic E-state index is 0.634. The van der Waals surface area contributed by atoms with E-state index in [1.54, 1.807) is 0 Å². The molecule has 0 atom stereocenters. The fraction of sp³-hybridized carbons (Fsp3) is 0.368. The molecule has 0 radical (unpaired) electrons. The van der Waals surface area contributed by atoms with Crippen molar-refractivity contribution in [1.29, 1.82) is 0 Å². The second-order valence-corrected chi connectivity index (χ2v) is 5.98. The van der Waals surface area contributed by atoms with Crippen molar-refractivity contribution in [1.82, 2.24) is 5.32 Å². The molecule has 2 aromatic carbocycles. The van der Waals surface area contributed by atoms with Crippen molar-refractivity contribution in [3.05, 3.63) is 53.6 Å². The van der Waals surface area contributed by atoms with Crippen LogP contribution in [0, 0.1) is 0 Å². The van der Waals surface area contributed by atoms with Crippen LogP contribution in [-0.2, 0) is 13.0 Å². The fourth-order valence-electron chi connectivity index (χ4n) is 3.35. The number of hydrogen-bond acceptors (Lipinski definition) is 4. The van der Waals surface area contributed by atoms with Gasteiger partial charge in [-0.15, -0.1) is 0 Å². The predicted octanol–water partition coefficient (Wildman–Crippen LogP) is 2.61. The van der Waals surface area contributed by atoms with Gasteiger partial charge in [0.05, 0.1) is 0 Å². The molecular weight excluding hydrogens is 288 g/mol. The van der Waals surface area contributed by atoms with Crippen LogP contribution in [0.1, 0.15) is 11.1 Å². The van der Waals surface area contributed by atoms with E-state index in [0.717, 1.165) is 44.1 Å². The topological polar surface area (TPSA) is 33.7 Å². The number of nitrogens with one attached hydrogen (secondary N) is 1. The number of ether oxygens (including phenoxy) is 2. The number of benzene rings is 2. The molecule has 0 aromatic heterocycles. The minimum atomic E-state index is 0.634. The lowest BCUT2D eigenvalue weighted by atomic mass is 10.1. The first-order valence-corrected chi connectivity index (χ1v) is 8.33. The molecular formula is C19H22N2O2. The van der Waals surface area contributed by atoms with Crippen molar-refractivity contribution in [3.8, 4) is 11.5 Å². The lowest BCUT2D eigenvalue weighted by molar-refractivity contribution is 0.169. The Morgan fingerprint density at radius 2 is 1.91 bits per heavy atom. The van der Waals surface area contributed by atoms with Crippen LogP contribution in [0.3, 0.4) is 0 Å². The third-order valence-electron chi connectivity index (χ3n) is 4.51. The number of rotatable bonds is 5. The maximum atomic E-state index is 5.76. The molecule has 2 aromatic rings. The van der Waals surface area contributed by atoms with E-state index in [1.807, 2.05) is 12.1 Å². The van der Waals surface area contributed by atoms with E-state index < -0.39 is 0 Å². The van der Waals surface area contributed by atoms with Gasteiger partial charge in [-0.1, -0.05) is 30.3 Å². The van der Waals surface area contributed by atoms with E-state index in [0.29, 0.717) is 13.2 Å². The Hall–Kier alpha value is -2.20. The molecule has 0 bridgehead atoms. The van der Waals surface area contributed by atoms with E-state index >= 15 is 0 Å². The lowest BCUT2D eigenvalue weighted by Gasteiger charge is -2.22. The summed E-state index contributed by atoms with van der Waals surface area (Å²) in [6.45, 7) is 5.19. The third kappa shape index (κ3) is 2.99. The van der Waals surface area contributed by atoms with Crippen LogP contribution in [0.25, 0.3) is 0 Å². The van der Waals surface area contributed by atoms with Gasteiger partial charge in [-0.05, 0) is 24.1 Å². The van der Waals surface area contributed by atoms with Crippen LogP contribution in [0.4, 0.5) is 5.69 Å². The molecule has 0 unspecified atom stereocenters. The Morgan fingerprint density at radius 3 is 2.91 bits per heavy atom. The molecule has 2 heterocycles. The van der Waals surface area contributed by atoms with Crippen LogP contribution < -0.4 is 19.7 Å². The zero-order valence-electron chi connectivity index (χ0n) is 13.3. The van der Waals surface area contributed by atoms with Gasteiger partial charge in [-0.25, -0.2) is 0 Å². The standard InChI is InChI=1S/C19H22N2O2/c1-2-6-17-15(4-1)8-10-21(17)11-9-20-14-16-5-3-7-18-19(16)23-13-12-22-18/h1-7,20H,8-14H2. The number of anilines is 1. The van der Waals surface area contributed by atoms with Crippen molar-refractivity contribution in [2.75, 3.05) is 37.7 Å².